The van der Waals surface area contributed by atoms with E-state index in [9.17, 15) is 9.90 Å². The molecule has 0 aromatic heterocycles. The zero-order chi connectivity index (χ0) is 13.0. The van der Waals surface area contributed by atoms with Crippen molar-refractivity contribution >= 4 is 17.7 Å². The molecule has 4 heteroatoms. The predicted octanol–water partition coefficient (Wildman–Crippen LogP) is 1.99. The summed E-state index contributed by atoms with van der Waals surface area (Å²) >= 11 is 1.55. The minimum atomic E-state index is -0.355. The van der Waals surface area contributed by atoms with Crippen LogP contribution < -0.4 is 0 Å². The van der Waals surface area contributed by atoms with Crippen molar-refractivity contribution in [1.29, 1.82) is 0 Å². The number of carbonyl (C=O) groups excluding carboxylic acids is 1. The van der Waals surface area contributed by atoms with Crippen molar-refractivity contribution in [2.45, 2.75) is 45.5 Å². The molecule has 3 nitrogen and oxygen atoms in total. The van der Waals surface area contributed by atoms with Gasteiger partial charge in [0, 0.05) is 18.3 Å². The van der Waals surface area contributed by atoms with Crippen molar-refractivity contribution in [3.8, 4) is 0 Å². The van der Waals surface area contributed by atoms with Crippen molar-refractivity contribution in [2.75, 3.05) is 18.8 Å². The summed E-state index contributed by atoms with van der Waals surface area (Å²) in [5, 5.41) is 9.51. The molecule has 0 radical (unpaired) electrons. The molecule has 0 aromatic rings. The predicted molar refractivity (Wildman–Crippen MR) is 73.1 cm³/mol. The van der Waals surface area contributed by atoms with E-state index in [-0.39, 0.29) is 17.3 Å². The molecule has 1 aliphatic rings. The number of hydrogen-bond donors (Lipinski definition) is 1. The Hall–Kier alpha value is -0.220. The summed E-state index contributed by atoms with van der Waals surface area (Å²) in [7, 11) is 0. The van der Waals surface area contributed by atoms with Crippen LogP contribution in [0.1, 0.15) is 34.1 Å². The van der Waals surface area contributed by atoms with Crippen molar-refractivity contribution in [3.63, 3.8) is 0 Å². The van der Waals surface area contributed by atoms with Crippen LogP contribution in [-0.2, 0) is 4.79 Å². The Balaban J connectivity index is 2.37. The van der Waals surface area contributed by atoms with E-state index in [0.29, 0.717) is 17.6 Å². The molecule has 4 atom stereocenters. The van der Waals surface area contributed by atoms with Crippen LogP contribution in [0.25, 0.3) is 0 Å². The fourth-order valence-electron chi connectivity index (χ4n) is 2.30. The molecule has 1 N–H and O–H groups in total. The number of nitrogens with zero attached hydrogens (tertiary/aromatic N) is 1. The van der Waals surface area contributed by atoms with Crippen molar-refractivity contribution in [1.82, 2.24) is 4.90 Å². The van der Waals surface area contributed by atoms with E-state index in [1.54, 1.807) is 18.7 Å². The van der Waals surface area contributed by atoms with Gasteiger partial charge in [-0.05, 0) is 25.2 Å². The van der Waals surface area contributed by atoms with Gasteiger partial charge in [0.05, 0.1) is 11.9 Å². The lowest BCUT2D eigenvalue weighted by Gasteiger charge is -2.35. The van der Waals surface area contributed by atoms with Crippen LogP contribution >= 0.6 is 11.8 Å². The summed E-state index contributed by atoms with van der Waals surface area (Å²) in [5.41, 5.74) is 0. The summed E-state index contributed by atoms with van der Waals surface area (Å²) < 4.78 is 0. The molecule has 1 aliphatic heterocycles. The molecule has 0 saturated carbocycles. The van der Waals surface area contributed by atoms with Gasteiger partial charge in [-0.3, -0.25) is 4.79 Å². The first-order valence-corrected chi connectivity index (χ1v) is 7.52. The molecular formula is C13H25NO2S. The molecule has 1 rings (SSSR count). The van der Waals surface area contributed by atoms with Crippen LogP contribution in [0.5, 0.6) is 0 Å². The highest BCUT2D eigenvalue weighted by Crippen LogP contribution is 2.22. The van der Waals surface area contributed by atoms with E-state index in [2.05, 4.69) is 13.8 Å². The number of piperidine rings is 1. The SMILES string of the molecule is CC1CC(C)CN(C(=O)CSC(C)C(C)O)C1. The van der Waals surface area contributed by atoms with Gasteiger partial charge in [-0.1, -0.05) is 20.8 Å². The Morgan fingerprint density at radius 2 is 1.88 bits per heavy atom. The van der Waals surface area contributed by atoms with E-state index in [0.717, 1.165) is 13.1 Å². The molecule has 100 valence electrons. The fourth-order valence-corrected chi connectivity index (χ4v) is 3.17. The largest absolute Gasteiger partial charge is 0.392 e. The molecule has 0 bridgehead atoms. The first-order valence-electron chi connectivity index (χ1n) is 6.47. The lowest BCUT2D eigenvalue weighted by Crippen LogP contribution is -2.43. The van der Waals surface area contributed by atoms with Crippen LogP contribution in [0.3, 0.4) is 0 Å². The van der Waals surface area contributed by atoms with Crippen molar-refractivity contribution in [2.24, 2.45) is 11.8 Å². The van der Waals surface area contributed by atoms with Gasteiger partial charge in [-0.15, -0.1) is 11.8 Å². The highest BCUT2D eigenvalue weighted by atomic mass is 32.2. The first kappa shape index (κ1) is 14.8. The molecule has 1 heterocycles. The molecule has 1 fully saturated rings. The van der Waals surface area contributed by atoms with Gasteiger partial charge in [0.1, 0.15) is 0 Å². The minimum absolute atomic E-state index is 0.124. The second-order valence-corrected chi connectivity index (χ2v) is 6.87. The number of likely N-dealkylation sites (tertiary alicyclic amines) is 1. The van der Waals surface area contributed by atoms with Gasteiger partial charge in [-0.25, -0.2) is 0 Å². The lowest BCUT2D eigenvalue weighted by molar-refractivity contribution is -0.130. The van der Waals surface area contributed by atoms with Crippen LogP contribution in [-0.4, -0.2) is 46.1 Å². The second-order valence-electron chi connectivity index (χ2n) is 5.50. The molecule has 0 aromatic carbocycles. The summed E-state index contributed by atoms with van der Waals surface area (Å²) in [5.74, 6) is 1.94. The monoisotopic (exact) mass is 259 g/mol. The van der Waals surface area contributed by atoms with Crippen LogP contribution in [0, 0.1) is 11.8 Å². The van der Waals surface area contributed by atoms with Crippen LogP contribution in [0.15, 0.2) is 0 Å². The zero-order valence-corrected chi connectivity index (χ0v) is 12.2. The number of carbonyl (C=O) groups is 1. The zero-order valence-electron chi connectivity index (χ0n) is 11.3. The fraction of sp³-hybridized carbons (Fsp3) is 0.923. The van der Waals surface area contributed by atoms with E-state index in [1.165, 1.54) is 6.42 Å². The summed E-state index contributed by atoms with van der Waals surface area (Å²) in [6.07, 6.45) is 0.869. The second kappa shape index (κ2) is 6.64. The first-order chi connectivity index (χ1) is 7.90. The van der Waals surface area contributed by atoms with E-state index in [4.69, 9.17) is 0 Å². The van der Waals surface area contributed by atoms with Crippen LogP contribution in [0.2, 0.25) is 0 Å². The molecule has 1 saturated heterocycles. The molecule has 0 spiro atoms. The maximum Gasteiger partial charge on any atom is 0.232 e. The number of hydrogen-bond acceptors (Lipinski definition) is 3. The van der Waals surface area contributed by atoms with E-state index < -0.39 is 0 Å². The molecule has 0 aliphatic carbocycles. The third-order valence-electron chi connectivity index (χ3n) is 3.37. The number of aliphatic hydroxyl groups excluding tert-OH is 1. The van der Waals surface area contributed by atoms with Gasteiger partial charge in [-0.2, -0.15) is 0 Å². The van der Waals surface area contributed by atoms with E-state index >= 15 is 0 Å². The average Bonchev–Trinajstić information content (AvgIpc) is 2.23. The number of rotatable bonds is 4. The highest BCUT2D eigenvalue weighted by molar-refractivity contribution is 8.00. The molecular weight excluding hydrogens is 234 g/mol. The summed E-state index contributed by atoms with van der Waals surface area (Å²) in [6.45, 7) is 9.94. The number of aliphatic hydroxyl groups is 1. The molecule has 17 heavy (non-hydrogen) atoms. The van der Waals surface area contributed by atoms with Crippen LogP contribution in [0.4, 0.5) is 0 Å². The number of thioether (sulfide) groups is 1. The lowest BCUT2D eigenvalue weighted by atomic mass is 9.92. The van der Waals surface area contributed by atoms with Gasteiger partial charge >= 0.3 is 0 Å². The Kier molecular flexibility index (Phi) is 5.80. The maximum absolute atomic E-state index is 12.0. The Morgan fingerprint density at radius 1 is 1.35 bits per heavy atom. The Labute approximate surface area is 109 Å². The van der Waals surface area contributed by atoms with Gasteiger partial charge in [0.25, 0.3) is 0 Å². The average molecular weight is 259 g/mol. The smallest absolute Gasteiger partial charge is 0.232 e. The Bertz CT molecular complexity index is 248. The molecule has 4 unspecified atom stereocenters. The van der Waals surface area contributed by atoms with Gasteiger partial charge in [0.2, 0.25) is 5.91 Å². The topological polar surface area (TPSA) is 40.5 Å². The normalized spacial score (nSPS) is 28.9. The standard InChI is InChI=1S/C13H25NO2S/c1-9-5-10(2)7-14(6-9)13(16)8-17-12(4)11(3)15/h9-12,15H,5-8H2,1-4H3. The van der Waals surface area contributed by atoms with Crippen molar-refractivity contribution < 1.29 is 9.90 Å². The summed E-state index contributed by atoms with van der Waals surface area (Å²) in [6, 6.07) is 0. The minimum Gasteiger partial charge on any atom is -0.392 e. The van der Waals surface area contributed by atoms with Gasteiger partial charge in [0.15, 0.2) is 0 Å². The summed E-state index contributed by atoms with van der Waals surface area (Å²) in [4.78, 5) is 14.0. The van der Waals surface area contributed by atoms with Crippen molar-refractivity contribution in [3.05, 3.63) is 0 Å². The van der Waals surface area contributed by atoms with Gasteiger partial charge < -0.3 is 10.0 Å². The quantitative estimate of drug-likeness (QED) is 0.839. The Morgan fingerprint density at radius 3 is 2.35 bits per heavy atom. The highest BCUT2D eigenvalue weighted by Gasteiger charge is 2.25. The maximum atomic E-state index is 12.0. The third kappa shape index (κ3) is 4.88. The van der Waals surface area contributed by atoms with E-state index in [1.807, 2.05) is 11.8 Å². The number of amides is 1. The third-order valence-corrected chi connectivity index (χ3v) is 4.70. The molecule has 1 amide bonds.